The fourth-order valence-electron chi connectivity index (χ4n) is 5.56. The van der Waals surface area contributed by atoms with Crippen molar-refractivity contribution in [2.24, 2.45) is 0 Å². The van der Waals surface area contributed by atoms with E-state index in [2.05, 4.69) is 84.3 Å². The average Bonchev–Trinajstić information content (AvgIpc) is 3.34. The molecule has 6 rings (SSSR count). The van der Waals surface area contributed by atoms with Crippen molar-refractivity contribution >= 4 is 34.8 Å². The molecule has 5 aromatic carbocycles. The van der Waals surface area contributed by atoms with E-state index in [1.165, 1.54) is 0 Å². The Bertz CT molecular complexity index is 1630. The van der Waals surface area contributed by atoms with Gasteiger partial charge in [-0.25, -0.2) is 4.98 Å². The molecule has 0 aliphatic rings. The van der Waals surface area contributed by atoms with Crippen LogP contribution in [0.25, 0.3) is 22.5 Å². The number of hydrogen-bond donors (Lipinski definition) is 0. The first kappa shape index (κ1) is 26.4. The standard InChI is InChI=1S/C35H25Cl3N2/c1-24-39-33(25-8-4-2-5-9-25)34(26-10-6-3-7-11-26)40(24)35(27-12-18-30(36)19-13-27,28-14-20-31(37)21-15-28)29-16-22-32(38)23-17-29/h2-23H,1H3. The van der Waals surface area contributed by atoms with E-state index in [0.29, 0.717) is 15.1 Å². The lowest BCUT2D eigenvalue weighted by molar-refractivity contribution is 0.507. The fourth-order valence-corrected chi connectivity index (χ4v) is 5.94. The van der Waals surface area contributed by atoms with Gasteiger partial charge in [0, 0.05) is 26.2 Å². The summed E-state index contributed by atoms with van der Waals surface area (Å²) in [6, 6.07) is 44.9. The van der Waals surface area contributed by atoms with Crippen molar-refractivity contribution in [1.29, 1.82) is 0 Å². The van der Waals surface area contributed by atoms with E-state index in [4.69, 9.17) is 39.8 Å². The summed E-state index contributed by atoms with van der Waals surface area (Å²) in [5.41, 5.74) is 6.25. The fraction of sp³-hybridized carbons (Fsp3) is 0.0571. The molecular weight excluding hydrogens is 555 g/mol. The summed E-state index contributed by atoms with van der Waals surface area (Å²) >= 11 is 19.3. The molecule has 40 heavy (non-hydrogen) atoms. The molecule has 196 valence electrons. The molecule has 0 atom stereocenters. The van der Waals surface area contributed by atoms with Gasteiger partial charge < -0.3 is 4.57 Å². The summed E-state index contributed by atoms with van der Waals surface area (Å²) in [5, 5.41) is 2.00. The van der Waals surface area contributed by atoms with Crippen LogP contribution in [-0.2, 0) is 5.54 Å². The van der Waals surface area contributed by atoms with Crippen LogP contribution in [0, 0.1) is 6.92 Å². The summed E-state index contributed by atoms with van der Waals surface area (Å²) in [4.78, 5) is 5.24. The molecule has 2 nitrogen and oxygen atoms in total. The smallest absolute Gasteiger partial charge is 0.122 e. The normalized spacial score (nSPS) is 11.5. The van der Waals surface area contributed by atoms with Gasteiger partial charge in [-0.05, 0) is 60.0 Å². The highest BCUT2D eigenvalue weighted by atomic mass is 35.5. The van der Waals surface area contributed by atoms with Crippen molar-refractivity contribution < 1.29 is 0 Å². The molecule has 1 heterocycles. The molecule has 0 spiro atoms. The lowest BCUT2D eigenvalue weighted by Gasteiger charge is -2.40. The number of benzene rings is 5. The highest BCUT2D eigenvalue weighted by Crippen LogP contribution is 2.47. The number of hydrogen-bond acceptors (Lipinski definition) is 1. The van der Waals surface area contributed by atoms with E-state index < -0.39 is 5.54 Å². The summed E-state index contributed by atoms with van der Waals surface area (Å²) in [5.74, 6) is 0.859. The Morgan fingerprint density at radius 1 is 0.500 bits per heavy atom. The van der Waals surface area contributed by atoms with E-state index >= 15 is 0 Å². The van der Waals surface area contributed by atoms with Gasteiger partial charge >= 0.3 is 0 Å². The van der Waals surface area contributed by atoms with Crippen LogP contribution in [0.4, 0.5) is 0 Å². The minimum absolute atomic E-state index is 0.667. The van der Waals surface area contributed by atoms with Crippen LogP contribution in [0.1, 0.15) is 22.5 Å². The van der Waals surface area contributed by atoms with Crippen molar-refractivity contribution in [3.8, 4) is 22.5 Å². The van der Waals surface area contributed by atoms with Crippen molar-refractivity contribution in [2.75, 3.05) is 0 Å². The van der Waals surface area contributed by atoms with Crippen LogP contribution in [0.2, 0.25) is 15.1 Å². The maximum absolute atomic E-state index is 6.43. The van der Waals surface area contributed by atoms with Crippen LogP contribution in [0.15, 0.2) is 133 Å². The Kier molecular flexibility index (Phi) is 7.25. The van der Waals surface area contributed by atoms with Crippen LogP contribution >= 0.6 is 34.8 Å². The molecule has 0 bridgehead atoms. The molecule has 0 saturated heterocycles. The van der Waals surface area contributed by atoms with Gasteiger partial charge in [0.15, 0.2) is 0 Å². The first-order valence-corrected chi connectivity index (χ1v) is 14.1. The Hall–Kier alpha value is -3.82. The maximum atomic E-state index is 6.43. The summed E-state index contributed by atoms with van der Waals surface area (Å²) in [6.45, 7) is 2.06. The van der Waals surface area contributed by atoms with Gasteiger partial charge in [-0.2, -0.15) is 0 Å². The summed E-state index contributed by atoms with van der Waals surface area (Å²) < 4.78 is 2.35. The monoisotopic (exact) mass is 578 g/mol. The summed E-state index contributed by atoms with van der Waals surface area (Å²) in [6.07, 6.45) is 0. The van der Waals surface area contributed by atoms with Crippen molar-refractivity contribution in [3.63, 3.8) is 0 Å². The quantitative estimate of drug-likeness (QED) is 0.179. The Morgan fingerprint density at radius 3 is 1.27 bits per heavy atom. The topological polar surface area (TPSA) is 17.8 Å². The number of nitrogens with zero attached hydrogens (tertiary/aromatic N) is 2. The predicted octanol–water partition coefficient (Wildman–Crippen LogP) is 10.3. The Morgan fingerprint density at radius 2 is 0.875 bits per heavy atom. The molecule has 0 fully saturated rings. The Balaban J connectivity index is 1.82. The van der Waals surface area contributed by atoms with E-state index in [0.717, 1.165) is 45.0 Å². The zero-order valence-corrected chi connectivity index (χ0v) is 24.0. The number of imidazole rings is 1. The Labute approximate surface area is 249 Å². The highest BCUT2D eigenvalue weighted by Gasteiger charge is 2.42. The minimum atomic E-state index is -0.838. The molecule has 0 aliphatic heterocycles. The molecule has 0 aliphatic carbocycles. The van der Waals surface area contributed by atoms with Crippen molar-refractivity contribution in [3.05, 3.63) is 171 Å². The van der Waals surface area contributed by atoms with Gasteiger partial charge in [-0.1, -0.05) is 132 Å². The number of rotatable bonds is 6. The highest BCUT2D eigenvalue weighted by molar-refractivity contribution is 6.31. The maximum Gasteiger partial charge on any atom is 0.122 e. The van der Waals surface area contributed by atoms with Crippen LogP contribution < -0.4 is 0 Å². The van der Waals surface area contributed by atoms with Crippen LogP contribution in [0.3, 0.4) is 0 Å². The third-order valence-electron chi connectivity index (χ3n) is 7.26. The van der Waals surface area contributed by atoms with E-state index in [9.17, 15) is 0 Å². The van der Waals surface area contributed by atoms with Gasteiger partial charge in [0.1, 0.15) is 11.4 Å². The van der Waals surface area contributed by atoms with Gasteiger partial charge in [0.2, 0.25) is 0 Å². The molecule has 0 amide bonds. The molecule has 6 aromatic rings. The van der Waals surface area contributed by atoms with E-state index in [1.54, 1.807) is 0 Å². The zero-order valence-electron chi connectivity index (χ0n) is 21.7. The lowest BCUT2D eigenvalue weighted by atomic mass is 9.76. The lowest BCUT2D eigenvalue weighted by Crippen LogP contribution is -2.39. The third-order valence-corrected chi connectivity index (χ3v) is 8.02. The molecule has 0 saturated carbocycles. The summed E-state index contributed by atoms with van der Waals surface area (Å²) in [7, 11) is 0. The number of halogens is 3. The van der Waals surface area contributed by atoms with Crippen molar-refractivity contribution in [2.45, 2.75) is 12.5 Å². The van der Waals surface area contributed by atoms with Crippen LogP contribution in [0.5, 0.6) is 0 Å². The number of aromatic nitrogens is 2. The molecule has 1 aromatic heterocycles. The van der Waals surface area contributed by atoms with Gasteiger partial charge in [-0.3, -0.25) is 0 Å². The average molecular weight is 580 g/mol. The van der Waals surface area contributed by atoms with Gasteiger partial charge in [-0.15, -0.1) is 0 Å². The first-order valence-electron chi connectivity index (χ1n) is 13.0. The predicted molar refractivity (Wildman–Crippen MR) is 167 cm³/mol. The van der Waals surface area contributed by atoms with Gasteiger partial charge in [0.05, 0.1) is 11.4 Å². The minimum Gasteiger partial charge on any atom is -0.309 e. The number of aryl methyl sites for hydroxylation is 1. The molecule has 0 radical (unpaired) electrons. The van der Waals surface area contributed by atoms with E-state index in [-0.39, 0.29) is 0 Å². The van der Waals surface area contributed by atoms with E-state index in [1.807, 2.05) is 60.7 Å². The third kappa shape index (κ3) is 4.63. The second-order valence-corrected chi connectivity index (χ2v) is 11.0. The first-order chi connectivity index (χ1) is 19.5. The molecular formula is C35H25Cl3N2. The second kappa shape index (κ2) is 11.0. The van der Waals surface area contributed by atoms with Gasteiger partial charge in [0.25, 0.3) is 0 Å². The second-order valence-electron chi connectivity index (χ2n) is 9.65. The molecule has 0 N–H and O–H groups in total. The largest absolute Gasteiger partial charge is 0.309 e. The zero-order chi connectivity index (χ0) is 27.7. The van der Waals surface area contributed by atoms with Crippen LogP contribution in [-0.4, -0.2) is 9.55 Å². The SMILES string of the molecule is Cc1nc(-c2ccccc2)c(-c2ccccc2)n1C(c1ccc(Cl)cc1)(c1ccc(Cl)cc1)c1ccc(Cl)cc1. The molecule has 5 heteroatoms. The molecule has 0 unspecified atom stereocenters. The van der Waals surface area contributed by atoms with Crippen molar-refractivity contribution in [1.82, 2.24) is 9.55 Å².